The van der Waals surface area contributed by atoms with Crippen molar-refractivity contribution >= 4 is 12.2 Å². The van der Waals surface area contributed by atoms with Crippen LogP contribution < -0.4 is 5.32 Å². The fourth-order valence-corrected chi connectivity index (χ4v) is 2.87. The maximum absolute atomic E-state index is 12.4. The van der Waals surface area contributed by atoms with Crippen LogP contribution in [0.15, 0.2) is 30.3 Å². The van der Waals surface area contributed by atoms with Gasteiger partial charge in [0.05, 0.1) is 6.04 Å². The van der Waals surface area contributed by atoms with Crippen molar-refractivity contribution in [1.82, 2.24) is 10.2 Å². The van der Waals surface area contributed by atoms with Crippen molar-refractivity contribution in [1.29, 1.82) is 0 Å². The van der Waals surface area contributed by atoms with Crippen molar-refractivity contribution in [3.63, 3.8) is 0 Å². The molecule has 1 aliphatic heterocycles. The number of nitrogens with zero attached hydrogens (tertiary/aromatic N) is 1. The molecule has 0 radical (unpaired) electrons. The molecule has 1 aromatic carbocycles. The first kappa shape index (κ1) is 20.0. The lowest BCUT2D eigenvalue weighted by atomic mass is 9.95. The minimum atomic E-state index is -0.594. The molecule has 0 spiro atoms. The summed E-state index contributed by atoms with van der Waals surface area (Å²) in [5.41, 5.74) is 0.309. The molecule has 7 heteroatoms. The topological polar surface area (TPSA) is 88.1 Å². The normalized spacial score (nSPS) is 20.4. The molecule has 1 fully saturated rings. The van der Waals surface area contributed by atoms with Crippen LogP contribution in [0.3, 0.4) is 0 Å². The second kappa shape index (κ2) is 8.89. The van der Waals surface area contributed by atoms with E-state index in [0.29, 0.717) is 19.5 Å². The molecule has 0 aromatic heterocycles. The van der Waals surface area contributed by atoms with E-state index in [9.17, 15) is 14.7 Å². The van der Waals surface area contributed by atoms with Crippen LogP contribution in [0.25, 0.3) is 0 Å². The molecule has 2 N–H and O–H groups in total. The van der Waals surface area contributed by atoms with E-state index in [4.69, 9.17) is 9.47 Å². The smallest absolute Gasteiger partial charge is 0.410 e. The van der Waals surface area contributed by atoms with Gasteiger partial charge in [-0.25, -0.2) is 9.59 Å². The number of piperidine rings is 1. The molecule has 144 valence electrons. The average molecular weight is 364 g/mol. The third kappa shape index (κ3) is 6.55. The zero-order valence-electron chi connectivity index (χ0n) is 15.6. The maximum atomic E-state index is 12.4. The van der Waals surface area contributed by atoms with Crippen LogP contribution in [0, 0.1) is 5.92 Å². The first-order valence-corrected chi connectivity index (χ1v) is 8.83. The molecule has 1 aliphatic rings. The number of aliphatic hydroxyl groups excluding tert-OH is 1. The first-order chi connectivity index (χ1) is 12.3. The Hall–Kier alpha value is -2.28. The molecule has 2 rings (SSSR count). The van der Waals surface area contributed by atoms with Gasteiger partial charge in [0.1, 0.15) is 12.2 Å². The summed E-state index contributed by atoms with van der Waals surface area (Å²) >= 11 is 0. The molecule has 2 atom stereocenters. The zero-order valence-corrected chi connectivity index (χ0v) is 15.6. The van der Waals surface area contributed by atoms with Gasteiger partial charge >= 0.3 is 12.2 Å². The highest BCUT2D eigenvalue weighted by Crippen LogP contribution is 2.19. The second-order valence-electron chi connectivity index (χ2n) is 7.57. The van der Waals surface area contributed by atoms with Crippen LogP contribution in [-0.4, -0.2) is 53.5 Å². The third-order valence-corrected chi connectivity index (χ3v) is 3.98. The Balaban J connectivity index is 1.90. The molecule has 1 heterocycles. The van der Waals surface area contributed by atoms with Crippen LogP contribution in [0.5, 0.6) is 0 Å². The van der Waals surface area contributed by atoms with Crippen LogP contribution >= 0.6 is 0 Å². The Bertz CT molecular complexity index is 600. The molecule has 7 nitrogen and oxygen atoms in total. The summed E-state index contributed by atoms with van der Waals surface area (Å²) in [6.07, 6.45) is -0.403. The first-order valence-electron chi connectivity index (χ1n) is 8.83. The van der Waals surface area contributed by atoms with Crippen molar-refractivity contribution < 1.29 is 24.2 Å². The lowest BCUT2D eigenvalue weighted by Crippen LogP contribution is -2.53. The fraction of sp³-hybridized carbons (Fsp3) is 0.579. The van der Waals surface area contributed by atoms with E-state index in [1.54, 1.807) is 20.8 Å². The summed E-state index contributed by atoms with van der Waals surface area (Å²) in [6, 6.07) is 9.13. The van der Waals surface area contributed by atoms with E-state index in [-0.39, 0.29) is 25.2 Å². The number of amides is 2. The van der Waals surface area contributed by atoms with Gasteiger partial charge in [0.25, 0.3) is 0 Å². The Morgan fingerprint density at radius 3 is 2.54 bits per heavy atom. The number of benzene rings is 1. The fourth-order valence-electron chi connectivity index (χ4n) is 2.87. The van der Waals surface area contributed by atoms with E-state index in [2.05, 4.69) is 5.32 Å². The van der Waals surface area contributed by atoms with Gasteiger partial charge in [0.2, 0.25) is 0 Å². The molecule has 0 unspecified atom stereocenters. The third-order valence-electron chi connectivity index (χ3n) is 3.98. The largest absolute Gasteiger partial charge is 0.445 e. The van der Waals surface area contributed by atoms with E-state index < -0.39 is 17.8 Å². The summed E-state index contributed by atoms with van der Waals surface area (Å²) in [5.74, 6) is -0.118. The summed E-state index contributed by atoms with van der Waals surface area (Å²) < 4.78 is 10.6. The van der Waals surface area contributed by atoms with Crippen molar-refractivity contribution in [2.24, 2.45) is 5.92 Å². The van der Waals surface area contributed by atoms with E-state index in [0.717, 1.165) is 5.56 Å². The zero-order chi connectivity index (χ0) is 19.2. The molecule has 1 saturated heterocycles. The Labute approximate surface area is 154 Å². The summed E-state index contributed by atoms with van der Waals surface area (Å²) in [4.78, 5) is 25.9. The summed E-state index contributed by atoms with van der Waals surface area (Å²) in [6.45, 7) is 6.21. The number of carbonyl (C=O) groups is 2. The van der Waals surface area contributed by atoms with Gasteiger partial charge < -0.3 is 24.8 Å². The molecular weight excluding hydrogens is 336 g/mol. The van der Waals surface area contributed by atoms with E-state index in [1.807, 2.05) is 30.3 Å². The monoisotopic (exact) mass is 364 g/mol. The van der Waals surface area contributed by atoms with Crippen molar-refractivity contribution in [2.75, 3.05) is 19.7 Å². The number of nitrogens with one attached hydrogen (secondary N) is 1. The Kier molecular flexibility index (Phi) is 6.85. The van der Waals surface area contributed by atoms with Crippen molar-refractivity contribution in [3.05, 3.63) is 35.9 Å². The van der Waals surface area contributed by atoms with Crippen LogP contribution in [0.1, 0.15) is 32.8 Å². The molecule has 1 aromatic rings. The van der Waals surface area contributed by atoms with Gasteiger partial charge in [-0.3, -0.25) is 0 Å². The number of alkyl carbamates (subject to hydrolysis) is 1. The summed E-state index contributed by atoms with van der Waals surface area (Å²) in [5, 5.41) is 12.3. The number of carbonyl (C=O) groups excluding carboxylic acids is 2. The van der Waals surface area contributed by atoms with Gasteiger partial charge in [0, 0.05) is 25.6 Å². The highest BCUT2D eigenvalue weighted by atomic mass is 16.6. The lowest BCUT2D eigenvalue weighted by Gasteiger charge is -2.37. The standard InChI is InChI=1S/C19H28N2O5/c1-19(2,3)26-17(23)20-16-9-15(12-22)10-21(11-16)18(24)25-13-14-7-5-4-6-8-14/h4-8,15-16,22H,9-13H2,1-3H3,(H,20,23)/t15-,16+/m1/s1. The minimum Gasteiger partial charge on any atom is -0.445 e. The Morgan fingerprint density at radius 1 is 1.23 bits per heavy atom. The number of rotatable bonds is 4. The van der Waals surface area contributed by atoms with Crippen molar-refractivity contribution in [3.8, 4) is 0 Å². The van der Waals surface area contributed by atoms with Crippen molar-refractivity contribution in [2.45, 2.75) is 45.4 Å². The van der Waals surface area contributed by atoms with Gasteiger partial charge in [-0.2, -0.15) is 0 Å². The van der Waals surface area contributed by atoms with Crippen LogP contribution in [0.4, 0.5) is 9.59 Å². The molecular formula is C19H28N2O5. The molecule has 0 bridgehead atoms. The highest BCUT2D eigenvalue weighted by molar-refractivity contribution is 5.69. The van der Waals surface area contributed by atoms with Gasteiger partial charge in [-0.1, -0.05) is 30.3 Å². The molecule has 0 saturated carbocycles. The average Bonchev–Trinajstić information content (AvgIpc) is 2.58. The van der Waals surface area contributed by atoms with Crippen LogP contribution in [-0.2, 0) is 16.1 Å². The number of hydrogen-bond acceptors (Lipinski definition) is 5. The quantitative estimate of drug-likeness (QED) is 0.857. The minimum absolute atomic E-state index is 0.0606. The predicted molar refractivity (Wildman–Crippen MR) is 96.6 cm³/mol. The van der Waals surface area contributed by atoms with Crippen LogP contribution in [0.2, 0.25) is 0 Å². The number of hydrogen-bond donors (Lipinski definition) is 2. The molecule has 0 aliphatic carbocycles. The lowest BCUT2D eigenvalue weighted by molar-refractivity contribution is 0.0367. The molecule has 26 heavy (non-hydrogen) atoms. The predicted octanol–water partition coefficient (Wildman–Crippen LogP) is 2.53. The Morgan fingerprint density at radius 2 is 1.92 bits per heavy atom. The van der Waals surface area contributed by atoms with E-state index >= 15 is 0 Å². The highest BCUT2D eigenvalue weighted by Gasteiger charge is 2.32. The van der Waals surface area contributed by atoms with Gasteiger partial charge in [-0.15, -0.1) is 0 Å². The second-order valence-corrected chi connectivity index (χ2v) is 7.57. The van der Waals surface area contributed by atoms with Gasteiger partial charge in [0.15, 0.2) is 0 Å². The maximum Gasteiger partial charge on any atom is 0.410 e. The number of aliphatic hydroxyl groups is 1. The number of likely N-dealkylation sites (tertiary alicyclic amines) is 1. The molecule has 2 amide bonds. The summed E-state index contributed by atoms with van der Waals surface area (Å²) in [7, 11) is 0. The SMILES string of the molecule is CC(C)(C)OC(=O)N[C@H]1C[C@@H](CO)CN(C(=O)OCc2ccccc2)C1. The number of ether oxygens (including phenoxy) is 2. The van der Waals surface area contributed by atoms with E-state index in [1.165, 1.54) is 4.90 Å². The van der Waals surface area contributed by atoms with Gasteiger partial charge in [-0.05, 0) is 32.8 Å².